The first-order valence-electron chi connectivity index (χ1n) is 10.0. The Morgan fingerprint density at radius 1 is 1.24 bits per heavy atom. The molecule has 0 radical (unpaired) electrons. The van der Waals surface area contributed by atoms with Crippen LogP contribution in [0.3, 0.4) is 0 Å². The van der Waals surface area contributed by atoms with Crippen molar-refractivity contribution >= 4 is 34.7 Å². The molecule has 34 heavy (non-hydrogen) atoms. The fraction of sp³-hybridized carbons (Fsp3) is 0.300. The van der Waals surface area contributed by atoms with Gasteiger partial charge in [0.05, 0.1) is 40.5 Å². The van der Waals surface area contributed by atoms with Crippen molar-refractivity contribution < 1.29 is 29.2 Å². The number of carbonyl (C=O) groups is 3. The molecule has 3 atom stereocenters. The molecule has 2 N–H and O–H groups in total. The number of ketones is 1. The second-order valence-electron chi connectivity index (χ2n) is 7.51. The Morgan fingerprint density at radius 2 is 2.00 bits per heavy atom. The summed E-state index contributed by atoms with van der Waals surface area (Å²) in [5.74, 6) is -2.85. The average Bonchev–Trinajstić information content (AvgIpc) is 3.22. The lowest BCUT2D eigenvalue weighted by Crippen LogP contribution is -2.34. The highest BCUT2D eigenvalue weighted by Crippen LogP contribution is 2.27. The van der Waals surface area contributed by atoms with Gasteiger partial charge in [-0.1, -0.05) is 5.21 Å². The number of hydrogen-bond donors (Lipinski definition) is 2. The van der Waals surface area contributed by atoms with Gasteiger partial charge >= 0.3 is 5.97 Å². The van der Waals surface area contributed by atoms with Crippen molar-refractivity contribution in [3.05, 3.63) is 62.9 Å². The van der Waals surface area contributed by atoms with Gasteiger partial charge in [0.25, 0.3) is 5.69 Å². The van der Waals surface area contributed by atoms with Gasteiger partial charge in [0, 0.05) is 30.4 Å². The molecule has 13 nitrogen and oxygen atoms in total. The minimum atomic E-state index is -1.21. The zero-order chi connectivity index (χ0) is 24.2. The van der Waals surface area contributed by atoms with Crippen LogP contribution < -0.4 is 5.32 Å². The molecule has 3 heterocycles. The number of benzene rings is 1. The summed E-state index contributed by atoms with van der Waals surface area (Å²) < 4.78 is 6.31. The van der Waals surface area contributed by atoms with Gasteiger partial charge in [-0.2, -0.15) is 0 Å². The third kappa shape index (κ3) is 5.47. The number of nitro benzene ring substituents is 1. The highest BCUT2D eigenvalue weighted by molar-refractivity contribution is 7.07. The van der Waals surface area contributed by atoms with Crippen LogP contribution in [0.2, 0.25) is 0 Å². The fourth-order valence-corrected chi connectivity index (χ4v) is 3.88. The fourth-order valence-electron chi connectivity index (χ4n) is 3.31. The van der Waals surface area contributed by atoms with Gasteiger partial charge in [-0.05, 0) is 12.1 Å². The number of epoxide rings is 1. The summed E-state index contributed by atoms with van der Waals surface area (Å²) >= 11 is 1.36. The molecule has 1 amide bonds. The minimum absolute atomic E-state index is 0.0330. The number of nitrogens with zero attached hydrogens (tertiary/aromatic N) is 5. The predicted octanol–water partition coefficient (Wildman–Crippen LogP) is 0.918. The SMILES string of the molecule is O=C(NCc1cn(-c2ccc([N+](=O)[O-])cc2)nn1)[C@@H](CC(=O)[C@H]1O[C@@H]1C(=O)O)Cc1cscn1. The van der Waals surface area contributed by atoms with Gasteiger partial charge < -0.3 is 15.2 Å². The zero-order valence-electron chi connectivity index (χ0n) is 17.4. The van der Waals surface area contributed by atoms with Crippen LogP contribution in [-0.2, 0) is 32.1 Å². The molecule has 176 valence electrons. The number of carbonyl (C=O) groups excluding carboxylic acids is 2. The molecule has 14 heteroatoms. The first-order valence-corrected chi connectivity index (χ1v) is 11.0. The number of non-ortho nitro benzene ring substituents is 1. The first-order chi connectivity index (χ1) is 16.3. The van der Waals surface area contributed by atoms with E-state index in [2.05, 4.69) is 20.6 Å². The van der Waals surface area contributed by atoms with Crippen LogP contribution in [0.4, 0.5) is 5.69 Å². The molecule has 3 aromatic rings. The standard InChI is InChI=1S/C20H18N6O7S/c27-16(17-18(33-17)20(29)30)6-11(5-12-9-34-10-22-12)19(28)21-7-13-8-25(24-23-13)14-1-3-15(4-2-14)26(31)32/h1-4,8-11,17-18H,5-7H2,(H,21,28)(H,29,30)/t11-,17-,18+/m1/s1. The highest BCUT2D eigenvalue weighted by atomic mass is 32.1. The number of amides is 1. The van der Waals surface area contributed by atoms with Gasteiger partial charge in [0.1, 0.15) is 5.69 Å². The Morgan fingerprint density at radius 3 is 2.62 bits per heavy atom. The van der Waals surface area contributed by atoms with Gasteiger partial charge in [-0.3, -0.25) is 19.7 Å². The topological polar surface area (TPSA) is 183 Å². The van der Waals surface area contributed by atoms with Crippen LogP contribution in [0.1, 0.15) is 17.8 Å². The van der Waals surface area contributed by atoms with E-state index < -0.39 is 40.7 Å². The van der Waals surface area contributed by atoms with Crippen molar-refractivity contribution in [3.8, 4) is 5.69 Å². The molecule has 1 saturated heterocycles. The van der Waals surface area contributed by atoms with Crippen LogP contribution in [0.15, 0.2) is 41.4 Å². The number of thiazole rings is 1. The summed E-state index contributed by atoms with van der Waals surface area (Å²) in [6, 6.07) is 5.73. The van der Waals surface area contributed by atoms with E-state index >= 15 is 0 Å². The summed E-state index contributed by atoms with van der Waals surface area (Å²) in [4.78, 5) is 50.6. The second-order valence-corrected chi connectivity index (χ2v) is 8.23. The minimum Gasteiger partial charge on any atom is -0.479 e. The number of carboxylic acids is 1. The maximum Gasteiger partial charge on any atom is 0.336 e. The Bertz CT molecular complexity index is 1210. The number of hydrogen-bond acceptors (Lipinski definition) is 10. The third-order valence-electron chi connectivity index (χ3n) is 5.12. The number of rotatable bonds is 11. The maximum absolute atomic E-state index is 12.9. The van der Waals surface area contributed by atoms with Crippen LogP contribution in [0, 0.1) is 16.0 Å². The molecule has 0 saturated carbocycles. The van der Waals surface area contributed by atoms with Crippen molar-refractivity contribution in [2.24, 2.45) is 5.92 Å². The van der Waals surface area contributed by atoms with Gasteiger partial charge in [-0.25, -0.2) is 14.5 Å². The average molecular weight is 486 g/mol. The van der Waals surface area contributed by atoms with Gasteiger partial charge in [0.2, 0.25) is 5.91 Å². The first kappa shape index (κ1) is 23.1. The van der Waals surface area contributed by atoms with E-state index in [9.17, 15) is 24.5 Å². The number of nitro groups is 1. The highest BCUT2D eigenvalue weighted by Gasteiger charge is 2.50. The summed E-state index contributed by atoms with van der Waals surface area (Å²) in [5, 5.41) is 32.2. The van der Waals surface area contributed by atoms with E-state index in [-0.39, 0.29) is 25.1 Å². The van der Waals surface area contributed by atoms with Crippen LogP contribution in [-0.4, -0.2) is 59.9 Å². The summed E-state index contributed by atoms with van der Waals surface area (Å²) in [6.07, 6.45) is -0.610. The van der Waals surface area contributed by atoms with E-state index in [0.29, 0.717) is 17.1 Å². The molecule has 4 rings (SSSR count). The normalized spacial score (nSPS) is 17.6. The number of Topliss-reactive ketones (excluding diaryl/α,β-unsaturated/α-hetero) is 1. The second kappa shape index (κ2) is 9.84. The molecule has 1 aliphatic heterocycles. The number of ether oxygens (including phenoxy) is 1. The van der Waals surface area contributed by atoms with E-state index in [1.807, 2.05) is 0 Å². The van der Waals surface area contributed by atoms with Crippen LogP contribution in [0.25, 0.3) is 5.69 Å². The summed E-state index contributed by atoms with van der Waals surface area (Å²) in [7, 11) is 0. The number of nitrogens with one attached hydrogen (secondary N) is 1. The number of aliphatic carboxylic acids is 1. The lowest BCUT2D eigenvalue weighted by atomic mass is 9.94. The molecule has 0 bridgehead atoms. The van der Waals surface area contributed by atoms with E-state index in [1.54, 1.807) is 17.1 Å². The lowest BCUT2D eigenvalue weighted by Gasteiger charge is -2.14. The maximum atomic E-state index is 12.9. The molecule has 2 aromatic heterocycles. The molecule has 1 aliphatic rings. The van der Waals surface area contributed by atoms with Gasteiger partial charge in [-0.15, -0.1) is 16.4 Å². The Kier molecular flexibility index (Phi) is 6.70. The summed E-state index contributed by atoms with van der Waals surface area (Å²) in [6.45, 7) is 0.0330. The molecule has 1 fully saturated rings. The van der Waals surface area contributed by atoms with E-state index in [0.717, 1.165) is 0 Å². The Balaban J connectivity index is 1.38. The smallest absolute Gasteiger partial charge is 0.336 e. The largest absolute Gasteiger partial charge is 0.479 e. The molecular weight excluding hydrogens is 468 g/mol. The molecule has 1 aromatic carbocycles. The van der Waals surface area contributed by atoms with Crippen LogP contribution in [0.5, 0.6) is 0 Å². The lowest BCUT2D eigenvalue weighted by molar-refractivity contribution is -0.384. The monoisotopic (exact) mass is 486 g/mol. The number of aromatic nitrogens is 4. The third-order valence-corrected chi connectivity index (χ3v) is 5.75. The Labute approximate surface area is 195 Å². The van der Waals surface area contributed by atoms with Crippen molar-refractivity contribution in [3.63, 3.8) is 0 Å². The van der Waals surface area contributed by atoms with Crippen LogP contribution >= 0.6 is 11.3 Å². The molecular formula is C20H18N6O7S. The van der Waals surface area contributed by atoms with E-state index in [4.69, 9.17) is 9.84 Å². The van der Waals surface area contributed by atoms with Crippen molar-refractivity contribution in [1.82, 2.24) is 25.3 Å². The Hall–Kier alpha value is -4.04. The zero-order valence-corrected chi connectivity index (χ0v) is 18.3. The summed E-state index contributed by atoms with van der Waals surface area (Å²) in [5.41, 5.74) is 3.20. The number of carboxylic acid groups (broad SMARTS) is 1. The van der Waals surface area contributed by atoms with Crippen molar-refractivity contribution in [2.45, 2.75) is 31.6 Å². The molecule has 0 aliphatic carbocycles. The molecule has 0 unspecified atom stereocenters. The van der Waals surface area contributed by atoms with E-state index in [1.165, 1.54) is 40.3 Å². The van der Waals surface area contributed by atoms with Gasteiger partial charge in [0.15, 0.2) is 18.0 Å². The molecule has 0 spiro atoms. The predicted molar refractivity (Wildman–Crippen MR) is 115 cm³/mol. The van der Waals surface area contributed by atoms with Crippen molar-refractivity contribution in [1.29, 1.82) is 0 Å². The quantitative estimate of drug-likeness (QED) is 0.224. The van der Waals surface area contributed by atoms with Crippen molar-refractivity contribution in [2.75, 3.05) is 0 Å².